The molecule has 5 nitrogen and oxygen atoms in total. The molecule has 1 rings (SSSR count). The van der Waals surface area contributed by atoms with Gasteiger partial charge in [0.25, 0.3) is 0 Å². The molecule has 106 valence electrons. The fraction of sp³-hybridized carbons (Fsp3) is 0.417. The van der Waals surface area contributed by atoms with Crippen molar-refractivity contribution in [1.29, 1.82) is 0 Å². The second-order valence-electron chi connectivity index (χ2n) is 4.61. The zero-order chi connectivity index (χ0) is 14.6. The van der Waals surface area contributed by atoms with Gasteiger partial charge in [0.2, 0.25) is 15.9 Å². The molecule has 0 aliphatic rings. The molecule has 7 heteroatoms. The van der Waals surface area contributed by atoms with Crippen LogP contribution >= 0.6 is 11.6 Å². The van der Waals surface area contributed by atoms with Gasteiger partial charge in [0, 0.05) is 10.7 Å². The highest BCUT2D eigenvalue weighted by Crippen LogP contribution is 2.16. The van der Waals surface area contributed by atoms with E-state index in [4.69, 9.17) is 11.6 Å². The molecule has 0 spiro atoms. The first-order chi connectivity index (χ1) is 8.69. The number of amides is 1. The summed E-state index contributed by atoms with van der Waals surface area (Å²) in [5.74, 6) is -0.586. The average molecular weight is 305 g/mol. The van der Waals surface area contributed by atoms with Crippen LogP contribution in [0.1, 0.15) is 13.8 Å². The topological polar surface area (TPSA) is 75.3 Å². The lowest BCUT2D eigenvalue weighted by atomic mass is 10.0. The molecule has 1 aromatic carbocycles. The zero-order valence-corrected chi connectivity index (χ0v) is 12.5. The van der Waals surface area contributed by atoms with Crippen molar-refractivity contribution in [3.8, 4) is 0 Å². The van der Waals surface area contributed by atoms with Gasteiger partial charge in [-0.25, -0.2) is 13.1 Å². The molecule has 0 aromatic heterocycles. The average Bonchev–Trinajstić information content (AvgIpc) is 2.24. The van der Waals surface area contributed by atoms with E-state index < -0.39 is 22.0 Å². The highest BCUT2D eigenvalue weighted by atomic mass is 35.5. The van der Waals surface area contributed by atoms with Gasteiger partial charge < -0.3 is 5.32 Å². The van der Waals surface area contributed by atoms with E-state index in [-0.39, 0.29) is 5.92 Å². The number of carbonyl (C=O) groups is 1. The largest absolute Gasteiger partial charge is 0.325 e. The maximum absolute atomic E-state index is 12.1. The molecule has 0 saturated heterocycles. The number of hydrogen-bond acceptors (Lipinski definition) is 3. The highest BCUT2D eigenvalue weighted by Gasteiger charge is 2.25. The smallest absolute Gasteiger partial charge is 0.242 e. The van der Waals surface area contributed by atoms with Gasteiger partial charge in [0.05, 0.1) is 6.26 Å². The Labute approximate surface area is 118 Å². The summed E-state index contributed by atoms with van der Waals surface area (Å²) in [5.41, 5.74) is 0.526. The lowest BCUT2D eigenvalue weighted by Crippen LogP contribution is -2.46. The first kappa shape index (κ1) is 15.9. The van der Waals surface area contributed by atoms with Crippen molar-refractivity contribution in [1.82, 2.24) is 4.72 Å². The van der Waals surface area contributed by atoms with Crippen molar-refractivity contribution in [3.05, 3.63) is 29.3 Å². The molecule has 1 atom stereocenters. The van der Waals surface area contributed by atoms with Crippen molar-refractivity contribution in [2.75, 3.05) is 11.6 Å². The number of carbonyl (C=O) groups excluding carboxylic acids is 1. The van der Waals surface area contributed by atoms with Crippen LogP contribution in [0, 0.1) is 5.92 Å². The molecule has 19 heavy (non-hydrogen) atoms. The Bertz CT molecular complexity index is 558. The first-order valence-electron chi connectivity index (χ1n) is 5.73. The number of benzene rings is 1. The molecule has 0 heterocycles. The summed E-state index contributed by atoms with van der Waals surface area (Å²) in [6.07, 6.45) is 1.02. The quantitative estimate of drug-likeness (QED) is 0.872. The summed E-state index contributed by atoms with van der Waals surface area (Å²) < 4.78 is 24.8. The van der Waals surface area contributed by atoms with Gasteiger partial charge >= 0.3 is 0 Å². The monoisotopic (exact) mass is 304 g/mol. The first-order valence-corrected chi connectivity index (χ1v) is 7.99. The Morgan fingerprint density at radius 2 is 1.95 bits per heavy atom. The Morgan fingerprint density at radius 3 is 2.42 bits per heavy atom. The maximum Gasteiger partial charge on any atom is 0.242 e. The summed E-state index contributed by atoms with van der Waals surface area (Å²) in [6.45, 7) is 3.53. The number of halogens is 1. The van der Waals surface area contributed by atoms with Crippen LogP contribution in [0.2, 0.25) is 5.02 Å². The predicted octanol–water partition coefficient (Wildman–Crippen LogP) is 1.85. The molecular weight excluding hydrogens is 288 g/mol. The van der Waals surface area contributed by atoms with Crippen LogP contribution in [0.4, 0.5) is 5.69 Å². The van der Waals surface area contributed by atoms with Gasteiger partial charge in [-0.15, -0.1) is 0 Å². The summed E-state index contributed by atoms with van der Waals surface area (Å²) >= 11 is 5.81. The lowest BCUT2D eigenvalue weighted by molar-refractivity contribution is -0.118. The number of sulfonamides is 1. The molecule has 1 aromatic rings. The second-order valence-corrected chi connectivity index (χ2v) is 6.83. The normalized spacial score (nSPS) is 13.3. The highest BCUT2D eigenvalue weighted by molar-refractivity contribution is 7.88. The Hall–Kier alpha value is -1.11. The third-order valence-corrected chi connectivity index (χ3v) is 3.30. The third kappa shape index (κ3) is 5.59. The van der Waals surface area contributed by atoms with Gasteiger partial charge in [0.15, 0.2) is 0 Å². The number of anilines is 1. The van der Waals surface area contributed by atoms with Crippen LogP contribution in [-0.4, -0.2) is 26.6 Å². The number of hydrogen-bond donors (Lipinski definition) is 2. The van der Waals surface area contributed by atoms with Gasteiger partial charge in [-0.1, -0.05) is 31.5 Å². The molecule has 1 unspecified atom stereocenters. The molecule has 1 amide bonds. The van der Waals surface area contributed by atoms with E-state index in [1.54, 1.807) is 38.1 Å². The summed E-state index contributed by atoms with van der Waals surface area (Å²) in [7, 11) is -3.45. The van der Waals surface area contributed by atoms with Crippen molar-refractivity contribution in [2.24, 2.45) is 5.92 Å². The molecule has 0 aliphatic carbocycles. The summed E-state index contributed by atoms with van der Waals surface area (Å²) in [5, 5.41) is 3.13. The fourth-order valence-electron chi connectivity index (χ4n) is 1.51. The second kappa shape index (κ2) is 6.36. The molecule has 2 N–H and O–H groups in total. The van der Waals surface area contributed by atoms with Crippen molar-refractivity contribution >= 4 is 33.2 Å². The molecule has 0 aliphatic heterocycles. The predicted molar refractivity (Wildman–Crippen MR) is 76.7 cm³/mol. The zero-order valence-electron chi connectivity index (χ0n) is 11.0. The van der Waals surface area contributed by atoms with E-state index >= 15 is 0 Å². The van der Waals surface area contributed by atoms with Crippen LogP contribution in [0.25, 0.3) is 0 Å². The molecule has 0 bridgehead atoms. The SMILES string of the molecule is CC(C)C(NS(C)(=O)=O)C(=O)Nc1cccc(Cl)c1. The Morgan fingerprint density at radius 1 is 1.32 bits per heavy atom. The standard InChI is InChI=1S/C12H17ClN2O3S/c1-8(2)11(15-19(3,17)18)12(16)14-10-6-4-5-9(13)7-10/h4-8,11,15H,1-3H3,(H,14,16). The Balaban J connectivity index is 2.84. The number of nitrogens with one attached hydrogen (secondary N) is 2. The molecule has 0 fully saturated rings. The van der Waals surface area contributed by atoms with Crippen molar-refractivity contribution in [2.45, 2.75) is 19.9 Å². The molecular formula is C12H17ClN2O3S. The van der Waals surface area contributed by atoms with Crippen LogP contribution in [0.15, 0.2) is 24.3 Å². The van der Waals surface area contributed by atoms with E-state index in [2.05, 4.69) is 10.0 Å². The molecule has 0 saturated carbocycles. The van der Waals surface area contributed by atoms with E-state index in [1.807, 2.05) is 0 Å². The van der Waals surface area contributed by atoms with Crippen LogP contribution < -0.4 is 10.0 Å². The minimum absolute atomic E-state index is 0.172. The van der Waals surface area contributed by atoms with Gasteiger partial charge in [0.1, 0.15) is 6.04 Å². The van der Waals surface area contributed by atoms with Gasteiger partial charge in [-0.2, -0.15) is 0 Å². The van der Waals surface area contributed by atoms with E-state index in [9.17, 15) is 13.2 Å². The summed E-state index contributed by atoms with van der Waals surface area (Å²) in [4.78, 5) is 12.1. The van der Waals surface area contributed by atoms with Crippen LogP contribution in [-0.2, 0) is 14.8 Å². The summed E-state index contributed by atoms with van der Waals surface area (Å²) in [6, 6.07) is 5.84. The minimum atomic E-state index is -3.45. The van der Waals surface area contributed by atoms with E-state index in [1.165, 1.54) is 0 Å². The van der Waals surface area contributed by atoms with E-state index in [0.29, 0.717) is 10.7 Å². The van der Waals surface area contributed by atoms with Crippen molar-refractivity contribution < 1.29 is 13.2 Å². The minimum Gasteiger partial charge on any atom is -0.325 e. The fourth-order valence-corrected chi connectivity index (χ4v) is 2.54. The van der Waals surface area contributed by atoms with Gasteiger partial charge in [-0.3, -0.25) is 4.79 Å². The van der Waals surface area contributed by atoms with Crippen LogP contribution in [0.5, 0.6) is 0 Å². The number of rotatable bonds is 5. The van der Waals surface area contributed by atoms with Crippen molar-refractivity contribution in [3.63, 3.8) is 0 Å². The molecule has 0 radical (unpaired) electrons. The van der Waals surface area contributed by atoms with Gasteiger partial charge in [-0.05, 0) is 24.1 Å². The Kier molecular flexibility index (Phi) is 5.34. The lowest BCUT2D eigenvalue weighted by Gasteiger charge is -2.20. The van der Waals surface area contributed by atoms with E-state index in [0.717, 1.165) is 6.26 Å². The third-order valence-electron chi connectivity index (χ3n) is 2.38. The maximum atomic E-state index is 12.1. The van der Waals surface area contributed by atoms with Crippen LogP contribution in [0.3, 0.4) is 0 Å².